The van der Waals surface area contributed by atoms with Crippen molar-refractivity contribution in [2.45, 2.75) is 13.3 Å². The van der Waals surface area contributed by atoms with E-state index in [0.29, 0.717) is 11.3 Å². The Morgan fingerprint density at radius 3 is 2.73 bits per heavy atom. The summed E-state index contributed by atoms with van der Waals surface area (Å²) in [5.74, 6) is 0.189. The molecule has 0 aliphatic heterocycles. The van der Waals surface area contributed by atoms with E-state index in [9.17, 15) is 4.39 Å². The highest BCUT2D eigenvalue weighted by Gasteiger charge is 2.14. The number of ether oxygens (including phenoxy) is 1. The largest absolute Gasteiger partial charge is 0.496 e. The minimum Gasteiger partial charge on any atom is -0.496 e. The van der Waals surface area contributed by atoms with Gasteiger partial charge in [-0.25, -0.2) is 4.39 Å². The smallest absolute Gasteiger partial charge is 0.148 e. The Hall–Kier alpha value is -0.800. The summed E-state index contributed by atoms with van der Waals surface area (Å²) >= 11 is 5.78. The van der Waals surface area contributed by atoms with E-state index in [1.807, 2.05) is 7.05 Å². The van der Waals surface area contributed by atoms with Gasteiger partial charge in [0.25, 0.3) is 0 Å². The van der Waals surface area contributed by atoms with Gasteiger partial charge in [-0.05, 0) is 38.6 Å². The van der Waals surface area contributed by atoms with Crippen molar-refractivity contribution in [2.75, 3.05) is 20.7 Å². The Morgan fingerprint density at radius 2 is 2.20 bits per heavy atom. The second-order valence-electron chi connectivity index (χ2n) is 3.34. The molecule has 0 amide bonds. The Balaban J connectivity index is 3.13. The van der Waals surface area contributed by atoms with E-state index in [2.05, 4.69) is 5.32 Å². The highest BCUT2D eigenvalue weighted by molar-refractivity contribution is 6.30. The maximum atomic E-state index is 13.5. The first-order chi connectivity index (χ1) is 7.11. The van der Waals surface area contributed by atoms with Crippen LogP contribution in [-0.4, -0.2) is 20.7 Å². The first-order valence-corrected chi connectivity index (χ1v) is 5.15. The quantitative estimate of drug-likeness (QED) is 0.860. The van der Waals surface area contributed by atoms with Crippen LogP contribution in [0.15, 0.2) is 6.07 Å². The summed E-state index contributed by atoms with van der Waals surface area (Å²) in [4.78, 5) is 0. The lowest BCUT2D eigenvalue weighted by atomic mass is 10.1. The molecule has 15 heavy (non-hydrogen) atoms. The highest BCUT2D eigenvalue weighted by atomic mass is 35.5. The summed E-state index contributed by atoms with van der Waals surface area (Å²) in [6, 6.07) is 1.63. The lowest BCUT2D eigenvalue weighted by molar-refractivity contribution is 0.401. The second-order valence-corrected chi connectivity index (χ2v) is 3.75. The van der Waals surface area contributed by atoms with E-state index in [1.165, 1.54) is 0 Å². The molecule has 0 radical (unpaired) electrons. The summed E-state index contributed by atoms with van der Waals surface area (Å²) in [5, 5.41) is 3.18. The van der Waals surface area contributed by atoms with Crippen molar-refractivity contribution in [1.29, 1.82) is 0 Å². The lowest BCUT2D eigenvalue weighted by Crippen LogP contribution is -2.11. The van der Waals surface area contributed by atoms with E-state index in [-0.39, 0.29) is 5.02 Å². The van der Waals surface area contributed by atoms with Crippen LogP contribution in [0.1, 0.15) is 11.1 Å². The van der Waals surface area contributed by atoms with Gasteiger partial charge in [0.2, 0.25) is 0 Å². The molecule has 84 valence electrons. The molecule has 0 bridgehead atoms. The normalized spacial score (nSPS) is 10.5. The van der Waals surface area contributed by atoms with Gasteiger partial charge in [-0.1, -0.05) is 11.6 Å². The van der Waals surface area contributed by atoms with Gasteiger partial charge >= 0.3 is 0 Å². The van der Waals surface area contributed by atoms with Crippen molar-refractivity contribution in [3.63, 3.8) is 0 Å². The van der Waals surface area contributed by atoms with Crippen molar-refractivity contribution in [3.05, 3.63) is 28.0 Å². The third-order valence-electron chi connectivity index (χ3n) is 2.32. The van der Waals surface area contributed by atoms with E-state index in [0.717, 1.165) is 18.5 Å². The zero-order valence-electron chi connectivity index (χ0n) is 9.16. The third kappa shape index (κ3) is 2.61. The second kappa shape index (κ2) is 5.33. The van der Waals surface area contributed by atoms with Crippen molar-refractivity contribution in [1.82, 2.24) is 5.32 Å². The van der Waals surface area contributed by atoms with Crippen LogP contribution in [0.4, 0.5) is 4.39 Å². The molecule has 0 fully saturated rings. The van der Waals surface area contributed by atoms with E-state index in [4.69, 9.17) is 16.3 Å². The predicted octanol–water partition coefficient (Wildman–Crippen LogP) is 2.56. The molecule has 0 unspecified atom stereocenters. The van der Waals surface area contributed by atoms with E-state index < -0.39 is 5.82 Å². The van der Waals surface area contributed by atoms with Crippen LogP contribution in [0.25, 0.3) is 0 Å². The molecule has 0 heterocycles. The molecule has 0 atom stereocenters. The Labute approximate surface area is 94.4 Å². The zero-order chi connectivity index (χ0) is 11.4. The van der Waals surface area contributed by atoms with Crippen LogP contribution >= 0.6 is 11.6 Å². The van der Waals surface area contributed by atoms with Crippen molar-refractivity contribution >= 4 is 11.6 Å². The fraction of sp³-hybridized carbons (Fsp3) is 0.455. The molecule has 1 N–H and O–H groups in total. The topological polar surface area (TPSA) is 21.3 Å². The number of rotatable bonds is 4. The number of benzene rings is 1. The van der Waals surface area contributed by atoms with Gasteiger partial charge in [0.1, 0.15) is 11.6 Å². The van der Waals surface area contributed by atoms with Crippen LogP contribution in [0.3, 0.4) is 0 Å². The summed E-state index contributed by atoms with van der Waals surface area (Å²) < 4.78 is 18.6. The standard InChI is InChI=1S/C11H15ClFNO/c1-7-10(13)9(12)6-8(4-5-14-2)11(7)15-3/h6,14H,4-5H2,1-3H3. The number of hydrogen-bond acceptors (Lipinski definition) is 2. The Bertz CT molecular complexity index is 355. The molecule has 1 aromatic rings. The number of halogens is 2. The van der Waals surface area contributed by atoms with Gasteiger partial charge in [-0.3, -0.25) is 0 Å². The van der Waals surface area contributed by atoms with Crippen LogP contribution in [-0.2, 0) is 6.42 Å². The fourth-order valence-corrected chi connectivity index (χ4v) is 1.80. The fourth-order valence-electron chi connectivity index (χ4n) is 1.53. The molecule has 1 aromatic carbocycles. The summed E-state index contributed by atoms with van der Waals surface area (Å²) in [5.41, 5.74) is 1.40. The van der Waals surface area contributed by atoms with E-state index in [1.54, 1.807) is 20.1 Å². The molecule has 0 aliphatic carbocycles. The zero-order valence-corrected chi connectivity index (χ0v) is 9.91. The molecule has 0 saturated carbocycles. The van der Waals surface area contributed by atoms with Crippen LogP contribution in [0, 0.1) is 12.7 Å². The molecule has 0 aromatic heterocycles. The molecule has 0 spiro atoms. The predicted molar refractivity (Wildman–Crippen MR) is 60.3 cm³/mol. The first-order valence-electron chi connectivity index (χ1n) is 4.77. The van der Waals surface area contributed by atoms with Crippen molar-refractivity contribution < 1.29 is 9.13 Å². The molecule has 0 saturated heterocycles. The molecule has 4 heteroatoms. The number of hydrogen-bond donors (Lipinski definition) is 1. The number of methoxy groups -OCH3 is 1. The van der Waals surface area contributed by atoms with Crippen LogP contribution in [0.2, 0.25) is 5.02 Å². The average molecular weight is 232 g/mol. The highest BCUT2D eigenvalue weighted by Crippen LogP contribution is 2.31. The average Bonchev–Trinajstić information content (AvgIpc) is 2.23. The minimum absolute atomic E-state index is 0.152. The Kier molecular flexibility index (Phi) is 4.36. The minimum atomic E-state index is -0.401. The number of likely N-dealkylation sites (N-methyl/N-ethyl adjacent to an activating group) is 1. The SMILES string of the molecule is CNCCc1cc(Cl)c(F)c(C)c1OC. The molecular weight excluding hydrogens is 217 g/mol. The first kappa shape index (κ1) is 12.3. The van der Waals surface area contributed by atoms with Crippen molar-refractivity contribution in [2.24, 2.45) is 0 Å². The van der Waals surface area contributed by atoms with Gasteiger partial charge < -0.3 is 10.1 Å². The van der Waals surface area contributed by atoms with Gasteiger partial charge in [-0.2, -0.15) is 0 Å². The van der Waals surface area contributed by atoms with Gasteiger partial charge in [0.05, 0.1) is 12.1 Å². The molecule has 0 aliphatic rings. The van der Waals surface area contributed by atoms with Gasteiger partial charge in [-0.15, -0.1) is 0 Å². The molecule has 1 rings (SSSR count). The number of nitrogens with one attached hydrogen (secondary N) is 1. The lowest BCUT2D eigenvalue weighted by Gasteiger charge is -2.13. The molecule has 2 nitrogen and oxygen atoms in total. The third-order valence-corrected chi connectivity index (χ3v) is 2.60. The van der Waals surface area contributed by atoms with Crippen molar-refractivity contribution in [3.8, 4) is 5.75 Å². The summed E-state index contributed by atoms with van der Waals surface area (Å²) in [7, 11) is 3.41. The van der Waals surface area contributed by atoms with Gasteiger partial charge in [0.15, 0.2) is 0 Å². The summed E-state index contributed by atoms with van der Waals surface area (Å²) in [6.07, 6.45) is 0.764. The van der Waals surface area contributed by atoms with Crippen LogP contribution < -0.4 is 10.1 Å². The monoisotopic (exact) mass is 231 g/mol. The molecular formula is C11H15ClFNO. The van der Waals surface area contributed by atoms with Gasteiger partial charge in [0, 0.05) is 5.56 Å². The summed E-state index contributed by atoms with van der Waals surface area (Å²) in [6.45, 7) is 2.47. The maximum Gasteiger partial charge on any atom is 0.148 e. The van der Waals surface area contributed by atoms with E-state index >= 15 is 0 Å². The Morgan fingerprint density at radius 1 is 1.53 bits per heavy atom. The maximum absolute atomic E-state index is 13.5. The van der Waals surface area contributed by atoms with Crippen LogP contribution in [0.5, 0.6) is 5.75 Å².